The number of carbonyl (C=O) groups excluding carboxylic acids is 2. The highest BCUT2D eigenvalue weighted by atomic mass is 35.5. The van der Waals surface area contributed by atoms with Crippen molar-refractivity contribution in [3.63, 3.8) is 0 Å². The van der Waals surface area contributed by atoms with E-state index in [0.717, 1.165) is 6.07 Å². The standard InChI is InChI=1S/C25H17ClF3N3O3/c26-21-11-10-19(13-20(21)25(27,28)29)32-24(34)17(14-30)12-16-6-4-5-9-22(16)35-15-23(33)31-18-7-2-1-3-8-18/h1-13H,15H2,(H,31,33)(H,32,34)/b17-12+. The molecule has 10 heteroatoms. The van der Waals surface area contributed by atoms with Gasteiger partial charge in [-0.3, -0.25) is 9.59 Å². The van der Waals surface area contributed by atoms with Crippen molar-refractivity contribution in [2.75, 3.05) is 17.2 Å². The molecule has 0 fully saturated rings. The zero-order valence-corrected chi connectivity index (χ0v) is 18.7. The first-order valence-electron chi connectivity index (χ1n) is 10.0. The maximum atomic E-state index is 13.1. The van der Waals surface area contributed by atoms with Gasteiger partial charge < -0.3 is 15.4 Å². The number of benzene rings is 3. The van der Waals surface area contributed by atoms with E-state index in [1.165, 1.54) is 12.1 Å². The van der Waals surface area contributed by atoms with Crippen LogP contribution in [0.5, 0.6) is 5.75 Å². The molecule has 3 aromatic rings. The first kappa shape index (κ1) is 25.3. The lowest BCUT2D eigenvalue weighted by Gasteiger charge is -2.12. The lowest BCUT2D eigenvalue weighted by atomic mass is 10.1. The molecule has 0 spiro atoms. The van der Waals surface area contributed by atoms with Crippen molar-refractivity contribution < 1.29 is 27.5 Å². The molecule has 0 aromatic heterocycles. The predicted molar refractivity (Wildman–Crippen MR) is 126 cm³/mol. The Labute approximate surface area is 203 Å². The molecule has 0 heterocycles. The molecule has 0 aliphatic carbocycles. The van der Waals surface area contributed by atoms with Gasteiger partial charge in [-0.25, -0.2) is 0 Å². The summed E-state index contributed by atoms with van der Waals surface area (Å²) in [6, 6.07) is 19.7. The molecule has 0 saturated carbocycles. The zero-order chi connectivity index (χ0) is 25.4. The number of nitrogens with zero attached hydrogens (tertiary/aromatic N) is 1. The minimum Gasteiger partial charge on any atom is -0.483 e. The number of hydrogen-bond donors (Lipinski definition) is 2. The van der Waals surface area contributed by atoms with Crippen molar-refractivity contribution in [1.82, 2.24) is 0 Å². The highest BCUT2D eigenvalue weighted by Gasteiger charge is 2.33. The summed E-state index contributed by atoms with van der Waals surface area (Å²) < 4.78 is 44.8. The third kappa shape index (κ3) is 7.09. The van der Waals surface area contributed by atoms with Gasteiger partial charge in [-0.2, -0.15) is 18.4 Å². The van der Waals surface area contributed by atoms with Crippen molar-refractivity contribution in [2.45, 2.75) is 6.18 Å². The highest BCUT2D eigenvalue weighted by Crippen LogP contribution is 2.36. The van der Waals surface area contributed by atoms with Crippen molar-refractivity contribution in [2.24, 2.45) is 0 Å². The Bertz CT molecular complexity index is 1300. The summed E-state index contributed by atoms with van der Waals surface area (Å²) in [5.41, 5.74) is -0.785. The number of carbonyl (C=O) groups is 2. The van der Waals surface area contributed by atoms with E-state index in [0.29, 0.717) is 17.3 Å². The third-order valence-electron chi connectivity index (χ3n) is 4.53. The molecular formula is C25H17ClF3N3O3. The van der Waals surface area contributed by atoms with Gasteiger partial charge in [0, 0.05) is 16.9 Å². The van der Waals surface area contributed by atoms with Crippen LogP contribution in [0.1, 0.15) is 11.1 Å². The minimum atomic E-state index is -4.71. The van der Waals surface area contributed by atoms with Gasteiger partial charge >= 0.3 is 6.18 Å². The van der Waals surface area contributed by atoms with E-state index < -0.39 is 34.1 Å². The van der Waals surface area contributed by atoms with Gasteiger partial charge in [0.25, 0.3) is 11.8 Å². The largest absolute Gasteiger partial charge is 0.483 e. The molecule has 0 bridgehead atoms. The fraction of sp³-hybridized carbons (Fsp3) is 0.0800. The van der Waals surface area contributed by atoms with Gasteiger partial charge in [0.1, 0.15) is 17.4 Å². The molecule has 2 amide bonds. The fourth-order valence-corrected chi connectivity index (χ4v) is 3.14. The lowest BCUT2D eigenvalue weighted by molar-refractivity contribution is -0.137. The number of amides is 2. The van der Waals surface area contributed by atoms with E-state index in [-0.39, 0.29) is 18.0 Å². The van der Waals surface area contributed by atoms with E-state index in [2.05, 4.69) is 10.6 Å². The van der Waals surface area contributed by atoms with Crippen molar-refractivity contribution in [1.29, 1.82) is 5.26 Å². The third-order valence-corrected chi connectivity index (χ3v) is 4.86. The number of para-hydroxylation sites is 2. The first-order chi connectivity index (χ1) is 16.7. The second-order valence-corrected chi connectivity index (χ2v) is 7.46. The molecule has 0 atom stereocenters. The van der Waals surface area contributed by atoms with Crippen LogP contribution >= 0.6 is 11.6 Å². The summed E-state index contributed by atoms with van der Waals surface area (Å²) in [6.45, 7) is -0.334. The van der Waals surface area contributed by atoms with Gasteiger partial charge in [0.15, 0.2) is 6.61 Å². The number of halogens is 4. The summed E-state index contributed by atoms with van der Waals surface area (Å²) in [5.74, 6) is -1.13. The number of ether oxygens (including phenoxy) is 1. The van der Waals surface area contributed by atoms with E-state index >= 15 is 0 Å². The van der Waals surface area contributed by atoms with Crippen LogP contribution in [0.4, 0.5) is 24.5 Å². The Morgan fingerprint density at radius 1 is 0.971 bits per heavy atom. The molecule has 6 nitrogen and oxygen atoms in total. The van der Waals surface area contributed by atoms with Crippen LogP contribution in [0.2, 0.25) is 5.02 Å². The van der Waals surface area contributed by atoms with E-state index in [1.807, 2.05) is 0 Å². The Balaban J connectivity index is 1.74. The van der Waals surface area contributed by atoms with Crippen LogP contribution in [-0.2, 0) is 15.8 Å². The molecule has 0 radical (unpaired) electrons. The highest BCUT2D eigenvalue weighted by molar-refractivity contribution is 6.31. The van der Waals surface area contributed by atoms with Crippen molar-refractivity contribution >= 4 is 40.9 Å². The molecule has 0 aliphatic heterocycles. The Morgan fingerprint density at radius 2 is 1.66 bits per heavy atom. The van der Waals surface area contributed by atoms with Gasteiger partial charge in [-0.05, 0) is 42.5 Å². The Hall–Kier alpha value is -4.29. The number of anilines is 2. The molecule has 0 aliphatic rings. The topological polar surface area (TPSA) is 91.2 Å². The Morgan fingerprint density at radius 3 is 2.34 bits per heavy atom. The van der Waals surface area contributed by atoms with E-state index in [4.69, 9.17) is 16.3 Å². The SMILES string of the molecule is N#C/C(=C\c1ccccc1OCC(=O)Nc1ccccc1)C(=O)Nc1ccc(Cl)c(C(F)(F)F)c1. The molecule has 3 rings (SSSR count). The van der Waals surface area contributed by atoms with Crippen LogP contribution in [-0.4, -0.2) is 18.4 Å². The summed E-state index contributed by atoms with van der Waals surface area (Å²) in [4.78, 5) is 24.7. The molecule has 3 aromatic carbocycles. The van der Waals surface area contributed by atoms with Crippen LogP contribution in [0, 0.1) is 11.3 Å². The van der Waals surface area contributed by atoms with E-state index in [1.54, 1.807) is 60.7 Å². The van der Waals surface area contributed by atoms with E-state index in [9.17, 15) is 28.0 Å². The smallest absolute Gasteiger partial charge is 0.417 e. The first-order valence-corrected chi connectivity index (χ1v) is 10.4. The maximum absolute atomic E-state index is 13.1. The summed E-state index contributed by atoms with van der Waals surface area (Å²) >= 11 is 5.59. The van der Waals surface area contributed by atoms with Crippen molar-refractivity contribution in [3.05, 3.63) is 94.5 Å². The molecular weight excluding hydrogens is 483 g/mol. The number of nitrogens with one attached hydrogen (secondary N) is 2. The van der Waals surface area contributed by atoms with Crippen LogP contribution < -0.4 is 15.4 Å². The average Bonchev–Trinajstić information content (AvgIpc) is 2.83. The van der Waals surface area contributed by atoms with Gasteiger partial charge in [0.05, 0.1) is 10.6 Å². The summed E-state index contributed by atoms with van der Waals surface area (Å²) in [6.07, 6.45) is -3.50. The molecule has 0 unspecified atom stereocenters. The maximum Gasteiger partial charge on any atom is 0.417 e. The number of rotatable bonds is 7. The van der Waals surface area contributed by atoms with Gasteiger partial charge in [-0.15, -0.1) is 0 Å². The zero-order valence-electron chi connectivity index (χ0n) is 17.9. The van der Waals surface area contributed by atoms with Crippen LogP contribution in [0.15, 0.2) is 78.4 Å². The normalized spacial score (nSPS) is 11.3. The molecule has 2 N–H and O–H groups in total. The fourth-order valence-electron chi connectivity index (χ4n) is 2.92. The second-order valence-electron chi connectivity index (χ2n) is 7.06. The van der Waals surface area contributed by atoms with Crippen molar-refractivity contribution in [3.8, 4) is 11.8 Å². The minimum absolute atomic E-state index is 0.185. The average molecular weight is 500 g/mol. The quantitative estimate of drug-likeness (QED) is 0.312. The van der Waals surface area contributed by atoms with Crippen LogP contribution in [0.25, 0.3) is 6.08 Å². The Kier molecular flexibility index (Phi) is 8.12. The molecule has 178 valence electrons. The number of alkyl halides is 3. The second kappa shape index (κ2) is 11.2. The monoisotopic (exact) mass is 499 g/mol. The number of hydrogen-bond acceptors (Lipinski definition) is 4. The molecule has 0 saturated heterocycles. The lowest BCUT2D eigenvalue weighted by Crippen LogP contribution is -2.20. The summed E-state index contributed by atoms with van der Waals surface area (Å²) in [5, 5.41) is 13.9. The van der Waals surface area contributed by atoms with Gasteiger partial charge in [-0.1, -0.05) is 48.0 Å². The predicted octanol–water partition coefficient (Wildman–Crippen LogP) is 5.92. The number of nitriles is 1. The summed E-state index contributed by atoms with van der Waals surface area (Å²) in [7, 11) is 0. The molecule has 35 heavy (non-hydrogen) atoms. The van der Waals surface area contributed by atoms with Gasteiger partial charge in [0.2, 0.25) is 0 Å². The van der Waals surface area contributed by atoms with Crippen LogP contribution in [0.3, 0.4) is 0 Å².